The standard InChI is InChI=1S/C40H76N18O10S3/c1-19(2)14-24(54-35(65)26(17-70)55-30(60)21(41)8-5-11-48-38(42)43)34(64)56-25(16-69)31(61)51-15-28(59)52-22(9-6-12-49-39(44)45)32(62)53-23(10-7-13-50-40(46)47)33(63)58-29(20(3)4)36(66)57-27(18-71)37(67)68/h19-27,29,69-71H,5-18,41H2,1-4H3,(H,51,61)(H,52,59)(H,53,62)(H,54,65)(H,55,60)(H,56,64)(H,57,66)(H,58,63)(H,67,68)(H4,42,43,48)(H4,44,45,49)(H4,46,47,50)/t21-,22-,23-,24-,25-,26-,27-,29-/m0/s1. The highest BCUT2D eigenvalue weighted by Crippen LogP contribution is 2.10. The normalized spacial score (nSPS) is 14.3. The van der Waals surface area contributed by atoms with Crippen molar-refractivity contribution in [2.75, 3.05) is 43.4 Å². The third-order valence-electron chi connectivity index (χ3n) is 9.92. The zero-order valence-electron chi connectivity index (χ0n) is 40.5. The predicted octanol–water partition coefficient (Wildman–Crippen LogP) is -6.44. The van der Waals surface area contributed by atoms with E-state index >= 15 is 0 Å². The van der Waals surface area contributed by atoms with Crippen molar-refractivity contribution in [1.29, 1.82) is 0 Å². The monoisotopic (exact) mass is 1060 g/mol. The number of carbonyl (C=O) groups excluding carboxylic acids is 8. The molecule has 0 saturated carbocycles. The molecule has 0 spiro atoms. The molecule has 0 rings (SSSR count). The van der Waals surface area contributed by atoms with E-state index in [1.54, 1.807) is 27.7 Å². The molecule has 8 atom stereocenters. The van der Waals surface area contributed by atoms with Crippen LogP contribution in [0.25, 0.3) is 0 Å². The van der Waals surface area contributed by atoms with Gasteiger partial charge in [0.15, 0.2) is 17.9 Å². The zero-order valence-corrected chi connectivity index (χ0v) is 43.2. The lowest BCUT2D eigenvalue weighted by molar-refractivity contribution is -0.142. The van der Waals surface area contributed by atoms with E-state index in [2.05, 4.69) is 95.4 Å². The molecule has 23 N–H and O–H groups in total. The van der Waals surface area contributed by atoms with Crippen LogP contribution in [-0.4, -0.2) is 168 Å². The average molecular weight is 1070 g/mol. The molecule has 28 nitrogen and oxygen atoms in total. The molecule has 0 heterocycles. The maximum Gasteiger partial charge on any atom is 0.327 e. The summed E-state index contributed by atoms with van der Waals surface area (Å²) in [4.78, 5) is 130. The number of carboxylic acid groups (broad SMARTS) is 1. The number of nitrogens with two attached hydrogens (primary N) is 7. The summed E-state index contributed by atoms with van der Waals surface area (Å²) >= 11 is 12.3. The Balaban J connectivity index is 6.16. The lowest BCUT2D eigenvalue weighted by atomic mass is 10.0. The van der Waals surface area contributed by atoms with Gasteiger partial charge in [-0.3, -0.25) is 53.3 Å². The van der Waals surface area contributed by atoms with Crippen molar-refractivity contribution in [2.24, 2.45) is 66.9 Å². The summed E-state index contributed by atoms with van der Waals surface area (Å²) in [5.41, 5.74) is 38.4. The molecule has 0 aromatic rings. The van der Waals surface area contributed by atoms with Crippen molar-refractivity contribution in [2.45, 2.75) is 121 Å². The van der Waals surface area contributed by atoms with Gasteiger partial charge in [0.1, 0.15) is 42.3 Å². The molecule has 0 aromatic carbocycles. The van der Waals surface area contributed by atoms with Gasteiger partial charge in [0, 0.05) is 36.9 Å². The molecule has 0 radical (unpaired) electrons. The molecule has 0 unspecified atom stereocenters. The van der Waals surface area contributed by atoms with Gasteiger partial charge in [-0.15, -0.1) is 0 Å². The van der Waals surface area contributed by atoms with E-state index in [1.807, 2.05) is 0 Å². The van der Waals surface area contributed by atoms with Gasteiger partial charge in [-0.25, -0.2) is 4.79 Å². The molecule has 404 valence electrons. The number of aliphatic imine (C=N–C) groups is 3. The Bertz CT molecular complexity index is 1870. The van der Waals surface area contributed by atoms with E-state index in [0.717, 1.165) is 0 Å². The first kappa shape index (κ1) is 65.0. The van der Waals surface area contributed by atoms with Crippen molar-refractivity contribution in [3.8, 4) is 0 Å². The number of amides is 8. The van der Waals surface area contributed by atoms with E-state index in [-0.39, 0.29) is 99.2 Å². The molecule has 0 saturated heterocycles. The Morgan fingerprint density at radius 1 is 0.479 bits per heavy atom. The van der Waals surface area contributed by atoms with Crippen molar-refractivity contribution < 1.29 is 48.3 Å². The van der Waals surface area contributed by atoms with Crippen LogP contribution in [0.4, 0.5) is 0 Å². The highest BCUT2D eigenvalue weighted by molar-refractivity contribution is 7.80. The first-order chi connectivity index (χ1) is 33.3. The number of nitrogens with one attached hydrogen (secondary N) is 8. The maximum absolute atomic E-state index is 13.9. The van der Waals surface area contributed by atoms with Crippen molar-refractivity contribution in [1.82, 2.24) is 42.5 Å². The summed E-state index contributed by atoms with van der Waals surface area (Å²) in [5.74, 6) is -9.63. The third kappa shape index (κ3) is 27.9. The van der Waals surface area contributed by atoms with E-state index in [0.29, 0.717) is 6.42 Å². The largest absolute Gasteiger partial charge is 0.480 e. The topological polar surface area (TPSA) is 489 Å². The summed E-state index contributed by atoms with van der Waals surface area (Å²) in [7, 11) is 0. The Morgan fingerprint density at radius 2 is 0.859 bits per heavy atom. The van der Waals surface area contributed by atoms with Gasteiger partial charge in [-0.2, -0.15) is 37.9 Å². The second kappa shape index (κ2) is 35.2. The van der Waals surface area contributed by atoms with Gasteiger partial charge in [0.25, 0.3) is 0 Å². The number of aliphatic carboxylic acids is 1. The van der Waals surface area contributed by atoms with Gasteiger partial charge in [-0.05, 0) is 56.8 Å². The molecule has 0 bridgehead atoms. The van der Waals surface area contributed by atoms with Crippen LogP contribution in [-0.2, 0) is 43.2 Å². The number of thiol groups is 3. The molecule has 0 aliphatic carbocycles. The summed E-state index contributed by atoms with van der Waals surface area (Å²) in [6.07, 6.45) is 0.868. The number of carboxylic acids is 1. The Kier molecular flexibility index (Phi) is 32.2. The summed E-state index contributed by atoms with van der Waals surface area (Å²) < 4.78 is 0. The fraction of sp³-hybridized carbons (Fsp3) is 0.700. The molecule has 71 heavy (non-hydrogen) atoms. The Morgan fingerprint density at radius 3 is 1.31 bits per heavy atom. The predicted molar refractivity (Wildman–Crippen MR) is 278 cm³/mol. The number of nitrogens with zero attached hydrogens (tertiary/aromatic N) is 3. The summed E-state index contributed by atoms with van der Waals surface area (Å²) in [6, 6.07) is -10.0. The first-order valence-electron chi connectivity index (χ1n) is 22.6. The smallest absolute Gasteiger partial charge is 0.327 e. The number of hydrogen-bond donors (Lipinski definition) is 19. The van der Waals surface area contributed by atoms with Crippen LogP contribution in [0.1, 0.15) is 72.6 Å². The number of hydrogen-bond acceptors (Lipinski definition) is 16. The summed E-state index contributed by atoms with van der Waals surface area (Å²) in [6.45, 7) is 6.42. The van der Waals surface area contributed by atoms with Crippen molar-refractivity contribution >= 4 is 109 Å². The highest BCUT2D eigenvalue weighted by Gasteiger charge is 2.34. The highest BCUT2D eigenvalue weighted by atomic mass is 32.1. The minimum atomic E-state index is -1.36. The quantitative estimate of drug-likeness (QED) is 0.0121. The van der Waals surface area contributed by atoms with Crippen LogP contribution >= 0.6 is 37.9 Å². The minimum absolute atomic E-state index is 0.0401. The van der Waals surface area contributed by atoms with Gasteiger partial charge in [0.05, 0.1) is 12.6 Å². The zero-order chi connectivity index (χ0) is 54.4. The molecule has 0 fully saturated rings. The van der Waals surface area contributed by atoms with Crippen molar-refractivity contribution in [3.05, 3.63) is 0 Å². The molecular weight excluding hydrogens is 989 g/mol. The van der Waals surface area contributed by atoms with Gasteiger partial charge in [-0.1, -0.05) is 27.7 Å². The molecule has 0 aliphatic rings. The van der Waals surface area contributed by atoms with E-state index in [9.17, 15) is 48.3 Å². The molecule has 0 aliphatic heterocycles. The lowest BCUT2D eigenvalue weighted by Crippen LogP contribution is -2.59. The molecule has 8 amide bonds. The fourth-order valence-electron chi connectivity index (χ4n) is 6.15. The van der Waals surface area contributed by atoms with Crippen molar-refractivity contribution in [3.63, 3.8) is 0 Å². The van der Waals surface area contributed by atoms with Crippen LogP contribution in [0.2, 0.25) is 0 Å². The molecular formula is C40H76N18O10S3. The summed E-state index contributed by atoms with van der Waals surface area (Å²) in [5, 5.41) is 29.4. The second-order valence-corrected chi connectivity index (χ2v) is 17.9. The van der Waals surface area contributed by atoms with Crippen LogP contribution in [0.3, 0.4) is 0 Å². The average Bonchev–Trinajstić information content (AvgIpc) is 3.29. The number of rotatable bonds is 35. The van der Waals surface area contributed by atoms with Gasteiger partial charge in [0.2, 0.25) is 47.3 Å². The second-order valence-electron chi connectivity index (χ2n) is 16.8. The minimum Gasteiger partial charge on any atom is -0.480 e. The van der Waals surface area contributed by atoms with E-state index in [1.165, 1.54) is 0 Å². The van der Waals surface area contributed by atoms with Crippen LogP contribution in [0, 0.1) is 11.8 Å². The van der Waals surface area contributed by atoms with Gasteiger partial charge >= 0.3 is 5.97 Å². The SMILES string of the molecule is CC(C)C[C@H](NC(=O)[C@H](CS)NC(=O)[C@@H](N)CCCN=C(N)N)C(=O)N[C@@H](CS)C(=O)NCC(=O)N[C@@H](CCCN=C(N)N)C(=O)N[C@@H](CCCN=C(N)N)C(=O)N[C@H](C(=O)N[C@@H](CS)C(=O)O)C(C)C. The van der Waals surface area contributed by atoms with Crippen LogP contribution < -0.4 is 82.7 Å². The van der Waals surface area contributed by atoms with Crippen LogP contribution in [0.15, 0.2) is 15.0 Å². The number of guanidine groups is 3. The third-order valence-corrected chi connectivity index (χ3v) is 11.0. The fourth-order valence-corrected chi connectivity index (χ4v) is 6.92. The van der Waals surface area contributed by atoms with E-state index in [4.69, 9.17) is 40.1 Å². The van der Waals surface area contributed by atoms with Crippen LogP contribution in [0.5, 0.6) is 0 Å². The van der Waals surface area contributed by atoms with Gasteiger partial charge < -0.3 is 87.8 Å². The Hall–Kier alpha value is -5.95. The Labute approximate surface area is 429 Å². The maximum atomic E-state index is 13.9. The number of carbonyl (C=O) groups is 9. The first-order valence-corrected chi connectivity index (χ1v) is 24.5. The molecule has 0 aromatic heterocycles. The molecule has 31 heteroatoms. The lowest BCUT2D eigenvalue weighted by Gasteiger charge is -2.27. The van der Waals surface area contributed by atoms with E-state index < -0.39 is 114 Å².